The summed E-state index contributed by atoms with van der Waals surface area (Å²) in [4.78, 5) is 61.7. The van der Waals surface area contributed by atoms with Gasteiger partial charge in [-0.25, -0.2) is 14.8 Å². The van der Waals surface area contributed by atoms with E-state index in [1.807, 2.05) is 122 Å². The molecule has 0 bridgehead atoms. The number of fused-ring (bicyclic) bond motifs is 1. The zero-order valence-electron chi connectivity index (χ0n) is 32.0. The number of ether oxygens (including phenoxy) is 1. The number of imidazole rings is 2. The van der Waals surface area contributed by atoms with E-state index in [2.05, 4.69) is 27.1 Å². The summed E-state index contributed by atoms with van der Waals surface area (Å²) in [6, 6.07) is 22.5. The molecule has 3 aromatic carbocycles. The monoisotopic (exact) mass is 740 g/mol. The van der Waals surface area contributed by atoms with Crippen molar-refractivity contribution >= 4 is 28.9 Å². The standard InChI is InChI=1S/C43H48N8O4/c1-27(2)37(48-43(54)55-5)41(52)50-23-10-14-36(50)40-45-32-22-19-29(25-33(32)46-40)16-15-28-17-20-30(21-18-28)34-26-44-39(47-34)35-13-9-24-51(35)42(53)38(49(3)4)31-11-7-6-8-12-31/h6-8,11-12,17-22,25-27,35-38H,9-10,13-14,23-24H2,1-5H3,(H,44,47)(H,45,46)(H,48,54). The number of likely N-dealkylation sites (N-methyl/N-ethyl adjacent to an activating group) is 1. The molecule has 2 aromatic heterocycles. The molecular weight excluding hydrogens is 693 g/mol. The summed E-state index contributed by atoms with van der Waals surface area (Å²) in [5.41, 5.74) is 6.22. The van der Waals surface area contributed by atoms with Gasteiger partial charge in [-0.05, 0) is 87.2 Å². The number of carbonyl (C=O) groups is 3. The number of hydrogen-bond acceptors (Lipinski definition) is 7. The Hall–Kier alpha value is -5.93. The molecule has 4 heterocycles. The fourth-order valence-electron chi connectivity index (χ4n) is 7.76. The molecule has 4 unspecified atom stereocenters. The van der Waals surface area contributed by atoms with Crippen LogP contribution in [0.5, 0.6) is 0 Å². The van der Waals surface area contributed by atoms with Crippen molar-refractivity contribution < 1.29 is 19.1 Å². The van der Waals surface area contributed by atoms with Crippen LogP contribution in [0.15, 0.2) is 79.0 Å². The van der Waals surface area contributed by atoms with Crippen LogP contribution in [0.2, 0.25) is 0 Å². The normalized spacial score (nSPS) is 18.0. The molecule has 12 nitrogen and oxygen atoms in total. The van der Waals surface area contributed by atoms with Gasteiger partial charge in [0.25, 0.3) is 0 Å². The van der Waals surface area contributed by atoms with Gasteiger partial charge in [-0.3, -0.25) is 14.5 Å². The van der Waals surface area contributed by atoms with Gasteiger partial charge in [0, 0.05) is 24.2 Å². The van der Waals surface area contributed by atoms with Gasteiger partial charge in [0.15, 0.2) is 0 Å². The summed E-state index contributed by atoms with van der Waals surface area (Å²) in [5, 5.41) is 2.70. The zero-order valence-corrected chi connectivity index (χ0v) is 32.0. The van der Waals surface area contributed by atoms with Gasteiger partial charge in [0.1, 0.15) is 23.7 Å². The maximum Gasteiger partial charge on any atom is 0.407 e. The van der Waals surface area contributed by atoms with Crippen LogP contribution in [0, 0.1) is 17.8 Å². The minimum absolute atomic E-state index is 0.0882. The van der Waals surface area contributed by atoms with E-state index in [4.69, 9.17) is 14.7 Å². The van der Waals surface area contributed by atoms with E-state index in [1.54, 1.807) is 0 Å². The van der Waals surface area contributed by atoms with Crippen LogP contribution in [0.1, 0.15) is 86.0 Å². The second kappa shape index (κ2) is 16.2. The predicted octanol–water partition coefficient (Wildman–Crippen LogP) is 6.36. The smallest absolute Gasteiger partial charge is 0.407 e. The Bertz CT molecular complexity index is 2220. The first-order valence-corrected chi connectivity index (χ1v) is 18.9. The summed E-state index contributed by atoms with van der Waals surface area (Å²) in [5.74, 6) is 7.92. The summed E-state index contributed by atoms with van der Waals surface area (Å²) in [6.45, 7) is 5.10. The highest BCUT2D eigenvalue weighted by atomic mass is 16.5. The number of rotatable bonds is 9. The van der Waals surface area contributed by atoms with Gasteiger partial charge in [-0.1, -0.05) is 68.2 Å². The molecule has 2 aliphatic heterocycles. The molecule has 2 fully saturated rings. The maximum absolute atomic E-state index is 13.9. The van der Waals surface area contributed by atoms with Crippen molar-refractivity contribution in [2.45, 2.75) is 63.7 Å². The number of likely N-dealkylation sites (tertiary alicyclic amines) is 2. The molecule has 0 spiro atoms. The lowest BCUT2D eigenvalue weighted by Crippen LogP contribution is -2.51. The molecular formula is C43H48N8O4. The number of H-pyrrole nitrogens is 2. The second-order valence-electron chi connectivity index (χ2n) is 14.9. The number of aromatic amines is 2. The summed E-state index contributed by atoms with van der Waals surface area (Å²) >= 11 is 0. The lowest BCUT2D eigenvalue weighted by Gasteiger charge is -2.31. The number of aromatic nitrogens is 4. The van der Waals surface area contributed by atoms with Crippen molar-refractivity contribution in [3.8, 4) is 23.1 Å². The van der Waals surface area contributed by atoms with Crippen molar-refractivity contribution in [3.05, 3.63) is 107 Å². The van der Waals surface area contributed by atoms with Crippen LogP contribution in [0.3, 0.4) is 0 Å². The first kappa shape index (κ1) is 37.4. The number of carbonyl (C=O) groups excluding carboxylic acids is 3. The van der Waals surface area contributed by atoms with Gasteiger partial charge < -0.3 is 29.8 Å². The Morgan fingerprint density at radius 2 is 1.51 bits per heavy atom. The first-order valence-electron chi connectivity index (χ1n) is 18.9. The molecule has 0 radical (unpaired) electrons. The quantitative estimate of drug-likeness (QED) is 0.150. The zero-order chi connectivity index (χ0) is 38.6. The SMILES string of the molecule is COC(=O)NC(C(=O)N1CCCC1c1nc2ccc(C#Cc3ccc(-c4cnc(C5CCCN5C(=O)C(c5ccccc5)N(C)C)[nH]4)cc3)cc2[nH]1)C(C)C. The minimum Gasteiger partial charge on any atom is -0.453 e. The number of nitrogens with one attached hydrogen (secondary N) is 3. The summed E-state index contributed by atoms with van der Waals surface area (Å²) in [6.07, 6.45) is 4.64. The Kier molecular flexibility index (Phi) is 11.0. The topological polar surface area (TPSA) is 140 Å². The Morgan fingerprint density at radius 3 is 2.18 bits per heavy atom. The lowest BCUT2D eigenvalue weighted by atomic mass is 10.0. The molecule has 0 aliphatic carbocycles. The highest BCUT2D eigenvalue weighted by Crippen LogP contribution is 2.36. The van der Waals surface area contributed by atoms with Crippen LogP contribution in [-0.2, 0) is 14.3 Å². The van der Waals surface area contributed by atoms with Crippen LogP contribution in [0.25, 0.3) is 22.3 Å². The van der Waals surface area contributed by atoms with Crippen LogP contribution < -0.4 is 5.32 Å². The average molecular weight is 741 g/mol. The second-order valence-corrected chi connectivity index (χ2v) is 14.9. The highest BCUT2D eigenvalue weighted by molar-refractivity contribution is 5.87. The summed E-state index contributed by atoms with van der Waals surface area (Å²) < 4.78 is 4.76. The molecule has 3 N–H and O–H groups in total. The van der Waals surface area contributed by atoms with Gasteiger partial charge in [-0.15, -0.1) is 0 Å². The van der Waals surface area contributed by atoms with Gasteiger partial charge in [0.05, 0.1) is 42.1 Å². The van der Waals surface area contributed by atoms with E-state index >= 15 is 0 Å². The van der Waals surface area contributed by atoms with Crippen molar-refractivity contribution in [1.82, 2.24) is 40.0 Å². The van der Waals surface area contributed by atoms with Crippen molar-refractivity contribution in [1.29, 1.82) is 0 Å². The van der Waals surface area contributed by atoms with Crippen LogP contribution in [0.4, 0.5) is 4.79 Å². The largest absolute Gasteiger partial charge is 0.453 e. The number of hydrogen-bond donors (Lipinski definition) is 3. The molecule has 284 valence electrons. The van der Waals surface area contributed by atoms with E-state index in [-0.39, 0.29) is 35.9 Å². The van der Waals surface area contributed by atoms with E-state index in [0.29, 0.717) is 13.1 Å². The third kappa shape index (κ3) is 7.98. The molecule has 55 heavy (non-hydrogen) atoms. The molecule has 3 amide bonds. The Morgan fingerprint density at radius 1 is 0.855 bits per heavy atom. The van der Waals surface area contributed by atoms with Gasteiger partial charge in [-0.2, -0.15) is 0 Å². The fraction of sp³-hybridized carbons (Fsp3) is 0.372. The molecule has 0 saturated carbocycles. The average Bonchev–Trinajstić information content (AvgIpc) is 4.02. The van der Waals surface area contributed by atoms with E-state index in [0.717, 1.165) is 76.3 Å². The first-order chi connectivity index (χ1) is 26.6. The molecule has 2 saturated heterocycles. The fourth-order valence-corrected chi connectivity index (χ4v) is 7.76. The predicted molar refractivity (Wildman–Crippen MR) is 211 cm³/mol. The number of nitrogens with zero attached hydrogens (tertiary/aromatic N) is 5. The maximum atomic E-state index is 13.9. The Balaban J connectivity index is 1.02. The van der Waals surface area contributed by atoms with Crippen molar-refractivity contribution in [3.63, 3.8) is 0 Å². The molecule has 12 heteroatoms. The van der Waals surface area contributed by atoms with Crippen molar-refractivity contribution in [2.24, 2.45) is 5.92 Å². The lowest BCUT2D eigenvalue weighted by molar-refractivity contribution is -0.137. The van der Waals surface area contributed by atoms with Gasteiger partial charge >= 0.3 is 6.09 Å². The van der Waals surface area contributed by atoms with Crippen LogP contribution >= 0.6 is 0 Å². The molecule has 5 aromatic rings. The third-order valence-electron chi connectivity index (χ3n) is 10.6. The van der Waals surface area contributed by atoms with E-state index < -0.39 is 12.1 Å². The number of alkyl carbamates (subject to hydrolysis) is 1. The van der Waals surface area contributed by atoms with E-state index in [9.17, 15) is 14.4 Å². The van der Waals surface area contributed by atoms with Crippen LogP contribution in [-0.4, -0.2) is 92.9 Å². The highest BCUT2D eigenvalue weighted by Gasteiger charge is 2.38. The molecule has 2 aliphatic rings. The summed E-state index contributed by atoms with van der Waals surface area (Å²) in [7, 11) is 5.18. The van der Waals surface area contributed by atoms with E-state index in [1.165, 1.54) is 7.11 Å². The minimum atomic E-state index is -0.688. The molecule has 4 atom stereocenters. The number of benzene rings is 3. The van der Waals surface area contributed by atoms with Gasteiger partial charge in [0.2, 0.25) is 11.8 Å². The van der Waals surface area contributed by atoms with Crippen molar-refractivity contribution in [2.75, 3.05) is 34.3 Å². The third-order valence-corrected chi connectivity index (χ3v) is 10.6. The number of amides is 3. The molecule has 7 rings (SSSR count). The number of methoxy groups -OCH3 is 1. The Labute approximate surface area is 321 Å².